The third-order valence-electron chi connectivity index (χ3n) is 2.75. The second-order valence-electron chi connectivity index (χ2n) is 5.35. The number of carbonyl (C=O) groups is 3. The van der Waals surface area contributed by atoms with Crippen LogP contribution in [0, 0.1) is 11.3 Å². The Hall–Kier alpha value is -1.79. The summed E-state index contributed by atoms with van der Waals surface area (Å²) in [6.07, 6.45) is 0. The molecule has 0 saturated carbocycles. The molecule has 0 aromatic heterocycles. The van der Waals surface area contributed by atoms with Crippen LogP contribution in [0.15, 0.2) is 0 Å². The third kappa shape index (κ3) is 5.58. The van der Waals surface area contributed by atoms with Gasteiger partial charge in [0.2, 0.25) is 5.91 Å². The Labute approximate surface area is 113 Å². The number of rotatable bonds is 6. The molecule has 110 valence electrons. The van der Waals surface area contributed by atoms with Crippen molar-refractivity contribution >= 4 is 17.9 Å². The van der Waals surface area contributed by atoms with Crippen molar-refractivity contribution in [2.45, 2.75) is 33.7 Å². The molecule has 3 amide bonds. The second kappa shape index (κ2) is 6.96. The normalized spacial score (nSPS) is 12.7. The SMILES string of the molecule is CNC(=O)C(C)(C)CNC(=O)N[C@@H](C(=O)O)C(C)C. The summed E-state index contributed by atoms with van der Waals surface area (Å²) in [5, 5.41) is 16.3. The van der Waals surface area contributed by atoms with Gasteiger partial charge in [-0.15, -0.1) is 0 Å². The van der Waals surface area contributed by atoms with Crippen molar-refractivity contribution in [1.29, 1.82) is 0 Å². The zero-order chi connectivity index (χ0) is 15.2. The number of urea groups is 1. The van der Waals surface area contributed by atoms with Crippen LogP contribution in [0.2, 0.25) is 0 Å². The lowest BCUT2D eigenvalue weighted by Crippen LogP contribution is -2.51. The van der Waals surface area contributed by atoms with Gasteiger partial charge in [-0.25, -0.2) is 9.59 Å². The molecule has 4 N–H and O–H groups in total. The van der Waals surface area contributed by atoms with Crippen molar-refractivity contribution in [2.75, 3.05) is 13.6 Å². The van der Waals surface area contributed by atoms with Gasteiger partial charge in [-0.3, -0.25) is 4.79 Å². The van der Waals surface area contributed by atoms with Crippen LogP contribution in [0.5, 0.6) is 0 Å². The van der Waals surface area contributed by atoms with E-state index < -0.39 is 23.5 Å². The molecule has 0 rings (SSSR count). The summed E-state index contributed by atoms with van der Waals surface area (Å²) in [6, 6.07) is -1.55. The monoisotopic (exact) mass is 273 g/mol. The fourth-order valence-electron chi connectivity index (χ4n) is 1.43. The highest BCUT2D eigenvalue weighted by Gasteiger charge is 2.28. The molecule has 0 bridgehead atoms. The number of nitrogens with one attached hydrogen (secondary N) is 3. The van der Waals surface area contributed by atoms with Gasteiger partial charge >= 0.3 is 12.0 Å². The summed E-state index contributed by atoms with van der Waals surface area (Å²) in [6.45, 7) is 6.89. The molecule has 0 saturated heterocycles. The Balaban J connectivity index is 4.40. The Morgan fingerprint density at radius 1 is 1.21 bits per heavy atom. The molecule has 0 aromatic carbocycles. The summed E-state index contributed by atoms with van der Waals surface area (Å²) in [7, 11) is 1.52. The van der Waals surface area contributed by atoms with Crippen molar-refractivity contribution in [3.63, 3.8) is 0 Å². The number of carboxylic acid groups (broad SMARTS) is 1. The minimum atomic E-state index is -1.09. The lowest BCUT2D eigenvalue weighted by Gasteiger charge is -2.24. The topological polar surface area (TPSA) is 108 Å². The van der Waals surface area contributed by atoms with E-state index in [0.717, 1.165) is 0 Å². The average molecular weight is 273 g/mol. The molecular weight excluding hydrogens is 250 g/mol. The van der Waals surface area contributed by atoms with E-state index in [2.05, 4.69) is 16.0 Å². The number of amides is 3. The van der Waals surface area contributed by atoms with E-state index in [-0.39, 0.29) is 18.4 Å². The van der Waals surface area contributed by atoms with E-state index >= 15 is 0 Å². The Morgan fingerprint density at radius 3 is 2.11 bits per heavy atom. The second-order valence-corrected chi connectivity index (χ2v) is 5.35. The van der Waals surface area contributed by atoms with E-state index in [4.69, 9.17) is 5.11 Å². The van der Waals surface area contributed by atoms with Crippen molar-refractivity contribution in [3.05, 3.63) is 0 Å². The van der Waals surface area contributed by atoms with Gasteiger partial charge in [0.05, 0.1) is 5.41 Å². The van der Waals surface area contributed by atoms with Gasteiger partial charge in [0.1, 0.15) is 6.04 Å². The first-order chi connectivity index (χ1) is 8.61. The fourth-order valence-corrected chi connectivity index (χ4v) is 1.43. The molecule has 0 aliphatic carbocycles. The molecule has 0 spiro atoms. The highest BCUT2D eigenvalue weighted by Crippen LogP contribution is 2.13. The Kier molecular flexibility index (Phi) is 6.31. The summed E-state index contributed by atoms with van der Waals surface area (Å²) >= 11 is 0. The molecule has 0 aromatic rings. The quantitative estimate of drug-likeness (QED) is 0.553. The first-order valence-corrected chi connectivity index (χ1v) is 6.11. The Morgan fingerprint density at radius 2 is 1.74 bits per heavy atom. The van der Waals surface area contributed by atoms with Crippen LogP contribution in [0.3, 0.4) is 0 Å². The molecule has 0 aliphatic rings. The molecule has 0 aliphatic heterocycles. The molecule has 1 atom stereocenters. The molecule has 0 fully saturated rings. The highest BCUT2D eigenvalue weighted by atomic mass is 16.4. The number of hydrogen-bond acceptors (Lipinski definition) is 3. The predicted octanol–water partition coefficient (Wildman–Crippen LogP) is 0.167. The van der Waals surface area contributed by atoms with Gasteiger partial charge in [0, 0.05) is 13.6 Å². The van der Waals surface area contributed by atoms with Crippen LogP contribution in [-0.2, 0) is 9.59 Å². The van der Waals surface area contributed by atoms with Crippen LogP contribution in [-0.4, -0.2) is 42.6 Å². The number of aliphatic carboxylic acids is 1. The number of carboxylic acids is 1. The third-order valence-corrected chi connectivity index (χ3v) is 2.75. The van der Waals surface area contributed by atoms with Crippen molar-refractivity contribution in [3.8, 4) is 0 Å². The fraction of sp³-hybridized carbons (Fsp3) is 0.750. The van der Waals surface area contributed by atoms with Gasteiger partial charge in [-0.1, -0.05) is 13.8 Å². The molecule has 0 heterocycles. The van der Waals surface area contributed by atoms with Crippen LogP contribution < -0.4 is 16.0 Å². The van der Waals surface area contributed by atoms with E-state index in [0.29, 0.717) is 0 Å². The minimum Gasteiger partial charge on any atom is -0.480 e. The zero-order valence-corrected chi connectivity index (χ0v) is 12.0. The smallest absolute Gasteiger partial charge is 0.326 e. The van der Waals surface area contributed by atoms with Crippen LogP contribution in [0.1, 0.15) is 27.7 Å². The first kappa shape index (κ1) is 17.2. The molecule has 0 radical (unpaired) electrons. The first-order valence-electron chi connectivity index (χ1n) is 6.11. The lowest BCUT2D eigenvalue weighted by molar-refractivity contribution is -0.140. The van der Waals surface area contributed by atoms with E-state index in [9.17, 15) is 14.4 Å². The van der Waals surface area contributed by atoms with Crippen LogP contribution in [0.4, 0.5) is 4.79 Å². The number of carbonyl (C=O) groups excluding carboxylic acids is 2. The molecule has 0 unspecified atom stereocenters. The van der Waals surface area contributed by atoms with Gasteiger partial charge in [0.25, 0.3) is 0 Å². The van der Waals surface area contributed by atoms with Crippen molar-refractivity contribution < 1.29 is 19.5 Å². The zero-order valence-electron chi connectivity index (χ0n) is 12.0. The van der Waals surface area contributed by atoms with Gasteiger partial charge in [-0.2, -0.15) is 0 Å². The lowest BCUT2D eigenvalue weighted by atomic mass is 9.92. The maximum Gasteiger partial charge on any atom is 0.326 e. The molecule has 19 heavy (non-hydrogen) atoms. The Bertz CT molecular complexity index is 353. The van der Waals surface area contributed by atoms with Crippen molar-refractivity contribution in [1.82, 2.24) is 16.0 Å². The minimum absolute atomic E-state index is 0.114. The molecule has 7 nitrogen and oxygen atoms in total. The maximum absolute atomic E-state index is 11.6. The number of hydrogen-bond donors (Lipinski definition) is 4. The largest absolute Gasteiger partial charge is 0.480 e. The van der Waals surface area contributed by atoms with Crippen molar-refractivity contribution in [2.24, 2.45) is 11.3 Å². The van der Waals surface area contributed by atoms with Gasteiger partial charge in [0.15, 0.2) is 0 Å². The molecule has 7 heteroatoms. The van der Waals surface area contributed by atoms with E-state index in [1.54, 1.807) is 27.7 Å². The van der Waals surface area contributed by atoms with Crippen LogP contribution >= 0.6 is 0 Å². The average Bonchev–Trinajstić information content (AvgIpc) is 2.31. The summed E-state index contributed by atoms with van der Waals surface area (Å²) in [5.41, 5.74) is -0.761. The summed E-state index contributed by atoms with van der Waals surface area (Å²) in [5.74, 6) is -1.52. The maximum atomic E-state index is 11.6. The van der Waals surface area contributed by atoms with Gasteiger partial charge in [-0.05, 0) is 19.8 Å². The highest BCUT2D eigenvalue weighted by molar-refractivity contribution is 5.84. The van der Waals surface area contributed by atoms with Gasteiger partial charge < -0.3 is 21.1 Å². The van der Waals surface area contributed by atoms with Crippen LogP contribution in [0.25, 0.3) is 0 Å². The van der Waals surface area contributed by atoms with E-state index in [1.165, 1.54) is 7.05 Å². The van der Waals surface area contributed by atoms with E-state index in [1.807, 2.05) is 0 Å². The standard InChI is InChI=1S/C12H23N3O4/c1-7(2)8(9(16)17)15-11(19)14-6-12(3,4)10(18)13-5/h7-8H,6H2,1-5H3,(H,13,18)(H,16,17)(H2,14,15,19)/t8-/m1/s1. The predicted molar refractivity (Wildman–Crippen MR) is 70.6 cm³/mol. The summed E-state index contributed by atoms with van der Waals surface area (Å²) < 4.78 is 0. The molecular formula is C12H23N3O4. The summed E-state index contributed by atoms with van der Waals surface area (Å²) in [4.78, 5) is 34.0.